The van der Waals surface area contributed by atoms with Crippen molar-refractivity contribution in [3.05, 3.63) is 65.0 Å². The number of benzene rings is 2. The normalized spacial score (nSPS) is 12.2. The fourth-order valence-electron chi connectivity index (χ4n) is 2.30. The van der Waals surface area contributed by atoms with E-state index in [2.05, 4.69) is 5.32 Å². The highest BCUT2D eigenvalue weighted by molar-refractivity contribution is 5.31. The highest BCUT2D eigenvalue weighted by Crippen LogP contribution is 2.23. The molecule has 1 atom stereocenters. The largest absolute Gasteiger partial charge is 0.497 e. The van der Waals surface area contributed by atoms with Crippen LogP contribution in [0.3, 0.4) is 0 Å². The van der Waals surface area contributed by atoms with Gasteiger partial charge in [-0.3, -0.25) is 0 Å². The van der Waals surface area contributed by atoms with Crippen LogP contribution in [0.1, 0.15) is 22.7 Å². The van der Waals surface area contributed by atoms with Crippen LogP contribution in [0.5, 0.6) is 5.75 Å². The van der Waals surface area contributed by atoms with E-state index in [1.54, 1.807) is 13.2 Å². The molecule has 0 fully saturated rings. The van der Waals surface area contributed by atoms with E-state index in [0.29, 0.717) is 5.56 Å². The highest BCUT2D eigenvalue weighted by atomic mass is 19.1. The minimum atomic E-state index is -0.163. The lowest BCUT2D eigenvalue weighted by atomic mass is 9.97. The van der Waals surface area contributed by atoms with Gasteiger partial charge in [0.15, 0.2) is 0 Å². The fourth-order valence-corrected chi connectivity index (χ4v) is 2.30. The second-order valence-electron chi connectivity index (χ2n) is 4.92. The van der Waals surface area contributed by atoms with Crippen LogP contribution in [0.4, 0.5) is 4.39 Å². The van der Waals surface area contributed by atoms with Gasteiger partial charge in [-0.2, -0.15) is 0 Å². The summed E-state index contributed by atoms with van der Waals surface area (Å²) in [6.07, 6.45) is 0.737. The molecule has 0 amide bonds. The number of hydrogen-bond donors (Lipinski definition) is 1. The van der Waals surface area contributed by atoms with Gasteiger partial charge in [-0.25, -0.2) is 4.39 Å². The van der Waals surface area contributed by atoms with Crippen LogP contribution < -0.4 is 10.1 Å². The Morgan fingerprint density at radius 1 is 1.15 bits per heavy atom. The summed E-state index contributed by atoms with van der Waals surface area (Å²) in [4.78, 5) is 0. The third-order valence-electron chi connectivity index (χ3n) is 3.47. The Balaban J connectivity index is 2.21. The zero-order valence-corrected chi connectivity index (χ0v) is 12.1. The van der Waals surface area contributed by atoms with Crippen molar-refractivity contribution >= 4 is 0 Å². The van der Waals surface area contributed by atoms with Crippen LogP contribution in [-0.2, 0) is 6.42 Å². The molecule has 0 aliphatic carbocycles. The van der Waals surface area contributed by atoms with E-state index in [0.717, 1.165) is 23.3 Å². The Morgan fingerprint density at radius 3 is 2.45 bits per heavy atom. The summed E-state index contributed by atoms with van der Waals surface area (Å²) in [6.45, 7) is 1.98. The van der Waals surface area contributed by atoms with Crippen molar-refractivity contribution in [2.75, 3.05) is 14.2 Å². The average Bonchev–Trinajstić information content (AvgIpc) is 2.48. The molecular weight excluding hydrogens is 253 g/mol. The first-order valence-electron chi connectivity index (χ1n) is 6.70. The zero-order chi connectivity index (χ0) is 14.5. The topological polar surface area (TPSA) is 21.3 Å². The van der Waals surface area contributed by atoms with Gasteiger partial charge in [0.25, 0.3) is 0 Å². The lowest BCUT2D eigenvalue weighted by Crippen LogP contribution is -2.20. The monoisotopic (exact) mass is 273 g/mol. The van der Waals surface area contributed by atoms with Gasteiger partial charge in [0.1, 0.15) is 11.6 Å². The summed E-state index contributed by atoms with van der Waals surface area (Å²) in [7, 11) is 3.50. The molecule has 0 heterocycles. The lowest BCUT2D eigenvalue weighted by Gasteiger charge is -2.18. The maximum Gasteiger partial charge on any atom is 0.128 e. The van der Waals surface area contributed by atoms with E-state index in [1.807, 2.05) is 44.3 Å². The van der Waals surface area contributed by atoms with Gasteiger partial charge < -0.3 is 10.1 Å². The Labute approximate surface area is 119 Å². The molecular formula is C17H20FNO. The molecule has 106 valence electrons. The van der Waals surface area contributed by atoms with E-state index in [-0.39, 0.29) is 11.9 Å². The second-order valence-corrected chi connectivity index (χ2v) is 4.92. The first-order chi connectivity index (χ1) is 9.63. The average molecular weight is 273 g/mol. The maximum atomic E-state index is 14.0. The second kappa shape index (κ2) is 6.53. The van der Waals surface area contributed by atoms with Crippen LogP contribution in [0, 0.1) is 12.7 Å². The molecule has 0 aromatic heterocycles. The van der Waals surface area contributed by atoms with E-state index in [4.69, 9.17) is 4.74 Å². The molecule has 20 heavy (non-hydrogen) atoms. The van der Waals surface area contributed by atoms with Gasteiger partial charge in [0.05, 0.1) is 7.11 Å². The van der Waals surface area contributed by atoms with Crippen LogP contribution in [0.2, 0.25) is 0 Å². The first-order valence-corrected chi connectivity index (χ1v) is 6.70. The molecule has 2 aromatic rings. The van der Waals surface area contributed by atoms with Gasteiger partial charge in [0, 0.05) is 11.6 Å². The smallest absolute Gasteiger partial charge is 0.128 e. The van der Waals surface area contributed by atoms with Crippen LogP contribution in [-0.4, -0.2) is 14.2 Å². The summed E-state index contributed by atoms with van der Waals surface area (Å²) >= 11 is 0. The van der Waals surface area contributed by atoms with Gasteiger partial charge in [0.2, 0.25) is 0 Å². The van der Waals surface area contributed by atoms with Crippen molar-refractivity contribution in [1.29, 1.82) is 0 Å². The summed E-state index contributed by atoms with van der Waals surface area (Å²) in [6, 6.07) is 13.1. The van der Waals surface area contributed by atoms with Crippen LogP contribution >= 0.6 is 0 Å². The van der Waals surface area contributed by atoms with E-state index < -0.39 is 0 Å². The first kappa shape index (κ1) is 14.5. The number of halogens is 1. The number of aryl methyl sites for hydroxylation is 1. The molecule has 0 aliphatic rings. The van der Waals surface area contributed by atoms with Crippen molar-refractivity contribution in [3.8, 4) is 5.75 Å². The molecule has 0 saturated heterocycles. The number of methoxy groups -OCH3 is 1. The van der Waals surface area contributed by atoms with Crippen LogP contribution in [0.25, 0.3) is 0 Å². The zero-order valence-electron chi connectivity index (χ0n) is 12.1. The Kier molecular flexibility index (Phi) is 4.74. The predicted octanol–water partition coefficient (Wildman–Crippen LogP) is 3.65. The summed E-state index contributed by atoms with van der Waals surface area (Å²) in [5, 5.41) is 3.19. The Bertz CT molecular complexity index is 566. The number of nitrogens with one attached hydrogen (secondary N) is 1. The van der Waals surface area contributed by atoms with Gasteiger partial charge in [-0.05, 0) is 44.2 Å². The number of ether oxygens (including phenoxy) is 1. The Hall–Kier alpha value is -1.87. The SMILES string of the molecule is CNC(Cc1ccc(OC)cc1)c1cc(C)ccc1F. The molecule has 0 spiro atoms. The number of hydrogen-bond acceptors (Lipinski definition) is 2. The van der Waals surface area contributed by atoms with Crippen molar-refractivity contribution in [3.63, 3.8) is 0 Å². The molecule has 2 aromatic carbocycles. The number of likely N-dealkylation sites (N-methyl/N-ethyl adjacent to an activating group) is 1. The minimum absolute atomic E-state index is 0.0386. The molecule has 0 saturated carbocycles. The lowest BCUT2D eigenvalue weighted by molar-refractivity contribution is 0.414. The quantitative estimate of drug-likeness (QED) is 0.898. The third kappa shape index (κ3) is 3.36. The van der Waals surface area contributed by atoms with Crippen molar-refractivity contribution in [2.45, 2.75) is 19.4 Å². The maximum absolute atomic E-state index is 14.0. The highest BCUT2D eigenvalue weighted by Gasteiger charge is 2.14. The molecule has 0 radical (unpaired) electrons. The van der Waals surface area contributed by atoms with Crippen molar-refractivity contribution < 1.29 is 9.13 Å². The molecule has 0 aliphatic heterocycles. The molecule has 1 N–H and O–H groups in total. The standard InChI is InChI=1S/C17H20FNO/c1-12-4-9-16(18)15(10-12)17(19-2)11-13-5-7-14(20-3)8-6-13/h4-10,17,19H,11H2,1-3H3. The molecule has 1 unspecified atom stereocenters. The summed E-state index contributed by atoms with van der Waals surface area (Å²) in [5.41, 5.74) is 2.92. The van der Waals surface area contributed by atoms with Gasteiger partial charge in [-0.15, -0.1) is 0 Å². The van der Waals surface area contributed by atoms with E-state index >= 15 is 0 Å². The van der Waals surface area contributed by atoms with Crippen molar-refractivity contribution in [2.24, 2.45) is 0 Å². The van der Waals surface area contributed by atoms with Gasteiger partial charge >= 0.3 is 0 Å². The van der Waals surface area contributed by atoms with E-state index in [9.17, 15) is 4.39 Å². The van der Waals surface area contributed by atoms with E-state index in [1.165, 1.54) is 6.07 Å². The molecule has 2 rings (SSSR count). The number of rotatable bonds is 5. The molecule has 3 heteroatoms. The summed E-state index contributed by atoms with van der Waals surface area (Å²) < 4.78 is 19.1. The fraction of sp³-hybridized carbons (Fsp3) is 0.294. The molecule has 2 nitrogen and oxygen atoms in total. The molecule has 0 bridgehead atoms. The van der Waals surface area contributed by atoms with Crippen molar-refractivity contribution in [1.82, 2.24) is 5.32 Å². The Morgan fingerprint density at radius 2 is 1.85 bits per heavy atom. The van der Waals surface area contributed by atoms with Gasteiger partial charge in [-0.1, -0.05) is 29.8 Å². The third-order valence-corrected chi connectivity index (χ3v) is 3.47. The summed E-state index contributed by atoms with van der Waals surface area (Å²) in [5.74, 6) is 0.667. The predicted molar refractivity (Wildman–Crippen MR) is 79.6 cm³/mol. The minimum Gasteiger partial charge on any atom is -0.497 e. The van der Waals surface area contributed by atoms with Crippen LogP contribution in [0.15, 0.2) is 42.5 Å².